The molecule has 0 aliphatic rings. The molecule has 100 valence electrons. The number of nitrogens with two attached hydrogens (primary N) is 1. The van der Waals surface area contributed by atoms with Crippen molar-refractivity contribution in [3.63, 3.8) is 0 Å². The molecule has 19 heavy (non-hydrogen) atoms. The molecule has 2 rings (SSSR count). The molecular formula is C13H15FN4O. The Hall–Kier alpha value is -2.21. The molecule has 2 aromatic rings. The molecule has 5 nitrogen and oxygen atoms in total. The van der Waals surface area contributed by atoms with Gasteiger partial charge in [-0.05, 0) is 25.0 Å². The number of nitrogens with zero attached hydrogens (tertiary/aromatic N) is 2. The summed E-state index contributed by atoms with van der Waals surface area (Å²) in [5.41, 5.74) is 3.69. The van der Waals surface area contributed by atoms with Crippen molar-refractivity contribution in [3.05, 3.63) is 41.5 Å². The molecule has 6 heteroatoms. The maximum absolute atomic E-state index is 13.9. The quantitative estimate of drug-likeness (QED) is 0.654. The highest BCUT2D eigenvalue weighted by atomic mass is 19.1. The van der Waals surface area contributed by atoms with Crippen LogP contribution in [0.5, 0.6) is 11.6 Å². The van der Waals surface area contributed by atoms with Gasteiger partial charge in [-0.2, -0.15) is 0 Å². The Morgan fingerprint density at radius 3 is 2.84 bits per heavy atom. The Morgan fingerprint density at radius 1 is 1.37 bits per heavy atom. The van der Waals surface area contributed by atoms with Gasteiger partial charge in [0.15, 0.2) is 11.6 Å². The van der Waals surface area contributed by atoms with Crippen LogP contribution < -0.4 is 16.0 Å². The molecular weight excluding hydrogens is 247 g/mol. The summed E-state index contributed by atoms with van der Waals surface area (Å²) in [5.74, 6) is 5.88. The third-order valence-electron chi connectivity index (χ3n) is 2.76. The van der Waals surface area contributed by atoms with E-state index in [4.69, 9.17) is 10.6 Å². The number of hydrogen-bond acceptors (Lipinski definition) is 5. The second kappa shape index (κ2) is 5.62. The van der Waals surface area contributed by atoms with Gasteiger partial charge in [0, 0.05) is 0 Å². The zero-order valence-electron chi connectivity index (χ0n) is 10.8. The molecule has 0 aliphatic carbocycles. The first-order chi connectivity index (χ1) is 9.17. The summed E-state index contributed by atoms with van der Waals surface area (Å²) in [6.07, 6.45) is 1.93. The van der Waals surface area contributed by atoms with Crippen LogP contribution in [0.3, 0.4) is 0 Å². The fourth-order valence-electron chi connectivity index (χ4n) is 1.73. The van der Waals surface area contributed by atoms with E-state index in [0.29, 0.717) is 29.2 Å². The van der Waals surface area contributed by atoms with Gasteiger partial charge < -0.3 is 10.2 Å². The van der Waals surface area contributed by atoms with Gasteiger partial charge in [0.2, 0.25) is 5.88 Å². The summed E-state index contributed by atoms with van der Waals surface area (Å²) in [6, 6.07) is 4.96. The van der Waals surface area contributed by atoms with Crippen LogP contribution in [0.4, 0.5) is 10.2 Å². The van der Waals surface area contributed by atoms with Crippen molar-refractivity contribution in [2.24, 2.45) is 5.84 Å². The lowest BCUT2D eigenvalue weighted by molar-refractivity contribution is 0.420. The third kappa shape index (κ3) is 2.63. The molecule has 0 fully saturated rings. The lowest BCUT2D eigenvalue weighted by Gasteiger charge is -2.12. The number of hydrogen-bond donors (Lipinski definition) is 2. The molecule has 0 radical (unpaired) electrons. The number of ether oxygens (including phenoxy) is 1. The summed E-state index contributed by atoms with van der Waals surface area (Å²) in [7, 11) is 0. The number of aryl methyl sites for hydroxylation is 1. The van der Waals surface area contributed by atoms with Gasteiger partial charge in [-0.1, -0.05) is 19.1 Å². The van der Waals surface area contributed by atoms with Gasteiger partial charge in [-0.15, -0.1) is 0 Å². The summed E-state index contributed by atoms with van der Waals surface area (Å²) >= 11 is 0. The van der Waals surface area contributed by atoms with E-state index in [0.717, 1.165) is 0 Å². The number of benzene rings is 1. The minimum absolute atomic E-state index is 0.136. The van der Waals surface area contributed by atoms with Gasteiger partial charge in [0.1, 0.15) is 12.1 Å². The normalized spacial score (nSPS) is 10.3. The second-order valence-corrected chi connectivity index (χ2v) is 3.99. The SMILES string of the molecule is CCc1c(NN)ncnc1Oc1cccc(C)c1F. The van der Waals surface area contributed by atoms with E-state index in [2.05, 4.69) is 15.4 Å². The van der Waals surface area contributed by atoms with Crippen LogP contribution in [-0.4, -0.2) is 9.97 Å². The zero-order chi connectivity index (χ0) is 13.8. The summed E-state index contributed by atoms with van der Waals surface area (Å²) < 4.78 is 19.4. The number of rotatable bonds is 4. The van der Waals surface area contributed by atoms with Gasteiger partial charge >= 0.3 is 0 Å². The van der Waals surface area contributed by atoms with Crippen LogP contribution in [0.2, 0.25) is 0 Å². The van der Waals surface area contributed by atoms with Crippen LogP contribution in [0.25, 0.3) is 0 Å². The Balaban J connectivity index is 2.41. The van der Waals surface area contributed by atoms with Crippen molar-refractivity contribution < 1.29 is 9.13 Å². The van der Waals surface area contributed by atoms with Gasteiger partial charge in [-0.3, -0.25) is 0 Å². The average Bonchev–Trinajstić information content (AvgIpc) is 2.43. The first kappa shape index (κ1) is 13.2. The molecule has 0 spiro atoms. The molecule has 0 aliphatic heterocycles. The molecule has 0 saturated carbocycles. The van der Waals surface area contributed by atoms with Crippen molar-refractivity contribution >= 4 is 5.82 Å². The van der Waals surface area contributed by atoms with Crippen LogP contribution >= 0.6 is 0 Å². The van der Waals surface area contributed by atoms with Crippen LogP contribution in [0.1, 0.15) is 18.1 Å². The van der Waals surface area contributed by atoms with E-state index < -0.39 is 5.82 Å². The van der Waals surface area contributed by atoms with Crippen LogP contribution in [0.15, 0.2) is 24.5 Å². The number of halogens is 1. The largest absolute Gasteiger partial charge is 0.435 e. The Labute approximate surface area is 110 Å². The van der Waals surface area contributed by atoms with Gasteiger partial charge in [0.05, 0.1) is 5.56 Å². The first-order valence-corrected chi connectivity index (χ1v) is 5.90. The number of aromatic nitrogens is 2. The van der Waals surface area contributed by atoms with Crippen molar-refractivity contribution in [2.75, 3.05) is 5.43 Å². The summed E-state index contributed by atoms with van der Waals surface area (Å²) in [5, 5.41) is 0. The maximum Gasteiger partial charge on any atom is 0.227 e. The second-order valence-electron chi connectivity index (χ2n) is 3.99. The average molecular weight is 262 g/mol. The minimum atomic E-state index is -0.398. The Bertz CT molecular complexity index is 589. The molecule has 1 aromatic heterocycles. The lowest BCUT2D eigenvalue weighted by atomic mass is 10.2. The Kier molecular flexibility index (Phi) is 3.91. The van der Waals surface area contributed by atoms with E-state index in [1.807, 2.05) is 6.92 Å². The van der Waals surface area contributed by atoms with Crippen molar-refractivity contribution in [3.8, 4) is 11.6 Å². The van der Waals surface area contributed by atoms with E-state index in [1.165, 1.54) is 6.33 Å². The van der Waals surface area contributed by atoms with Gasteiger partial charge in [-0.25, -0.2) is 20.2 Å². The Morgan fingerprint density at radius 2 is 2.16 bits per heavy atom. The van der Waals surface area contributed by atoms with Gasteiger partial charge in [0.25, 0.3) is 0 Å². The fraction of sp³-hybridized carbons (Fsp3) is 0.231. The molecule has 0 atom stereocenters. The van der Waals surface area contributed by atoms with Crippen molar-refractivity contribution in [1.29, 1.82) is 0 Å². The summed E-state index contributed by atoms with van der Waals surface area (Å²) in [6.45, 7) is 3.59. The molecule has 1 heterocycles. The topological polar surface area (TPSA) is 73.1 Å². The van der Waals surface area contributed by atoms with Crippen molar-refractivity contribution in [1.82, 2.24) is 9.97 Å². The molecule has 0 unspecified atom stereocenters. The van der Waals surface area contributed by atoms with E-state index in [-0.39, 0.29) is 5.75 Å². The predicted molar refractivity (Wildman–Crippen MR) is 70.4 cm³/mol. The zero-order valence-corrected chi connectivity index (χ0v) is 10.8. The van der Waals surface area contributed by atoms with Crippen LogP contribution in [0, 0.1) is 12.7 Å². The molecule has 3 N–H and O–H groups in total. The maximum atomic E-state index is 13.9. The fourth-order valence-corrected chi connectivity index (χ4v) is 1.73. The van der Waals surface area contributed by atoms with E-state index in [9.17, 15) is 4.39 Å². The number of nitrogen functional groups attached to an aromatic ring is 1. The van der Waals surface area contributed by atoms with Crippen molar-refractivity contribution in [2.45, 2.75) is 20.3 Å². The predicted octanol–water partition coefficient (Wildman–Crippen LogP) is 2.56. The lowest BCUT2D eigenvalue weighted by Crippen LogP contribution is -2.12. The van der Waals surface area contributed by atoms with E-state index >= 15 is 0 Å². The monoisotopic (exact) mass is 262 g/mol. The number of nitrogens with one attached hydrogen (secondary N) is 1. The highest BCUT2D eigenvalue weighted by Gasteiger charge is 2.13. The van der Waals surface area contributed by atoms with E-state index in [1.54, 1.807) is 25.1 Å². The standard InChI is InChI=1S/C13H15FN4O/c1-3-9-12(18-15)16-7-17-13(9)19-10-6-4-5-8(2)11(10)14/h4-7H,3,15H2,1-2H3,(H,16,17,18). The highest BCUT2D eigenvalue weighted by Crippen LogP contribution is 2.29. The summed E-state index contributed by atoms with van der Waals surface area (Å²) in [4.78, 5) is 8.02. The highest BCUT2D eigenvalue weighted by molar-refractivity contribution is 5.49. The first-order valence-electron chi connectivity index (χ1n) is 5.90. The molecule has 0 bridgehead atoms. The minimum Gasteiger partial charge on any atom is -0.435 e. The third-order valence-corrected chi connectivity index (χ3v) is 2.76. The number of hydrazine groups is 1. The molecule has 1 aromatic carbocycles. The number of anilines is 1. The molecule has 0 saturated heterocycles. The van der Waals surface area contributed by atoms with Crippen LogP contribution in [-0.2, 0) is 6.42 Å². The molecule has 0 amide bonds. The smallest absolute Gasteiger partial charge is 0.227 e.